The Morgan fingerprint density at radius 2 is 1.72 bits per heavy atom. The monoisotopic (exact) mass is 414 g/mol. The lowest BCUT2D eigenvalue weighted by atomic mass is 10.1. The van der Waals surface area contributed by atoms with E-state index >= 15 is 0 Å². The maximum Gasteiger partial charge on any atom is 0.339 e. The summed E-state index contributed by atoms with van der Waals surface area (Å²) in [6.07, 6.45) is 3.69. The van der Waals surface area contributed by atoms with Crippen molar-refractivity contribution in [2.24, 2.45) is 0 Å². The van der Waals surface area contributed by atoms with Gasteiger partial charge in [0.05, 0.1) is 21.3 Å². The van der Waals surface area contributed by atoms with Crippen LogP contribution in [0.1, 0.15) is 36.5 Å². The number of piperidine rings is 1. The fourth-order valence-corrected chi connectivity index (χ4v) is 4.24. The Kier molecular flexibility index (Phi) is 7.41. The summed E-state index contributed by atoms with van der Waals surface area (Å²) < 4.78 is 17.2. The predicted molar refractivity (Wildman–Crippen MR) is 115 cm³/mol. The van der Waals surface area contributed by atoms with Gasteiger partial charge < -0.3 is 15.0 Å². The Labute approximate surface area is 173 Å². The van der Waals surface area contributed by atoms with E-state index < -0.39 is 29.3 Å². The summed E-state index contributed by atoms with van der Waals surface area (Å²) in [5.41, 5.74) is 2.03. The first-order chi connectivity index (χ1) is 14.1. The van der Waals surface area contributed by atoms with Crippen molar-refractivity contribution in [2.75, 3.05) is 35.7 Å². The number of carbonyl (C=O) groups excluding carboxylic acids is 2. The van der Waals surface area contributed by atoms with Gasteiger partial charge in [-0.2, -0.15) is 0 Å². The number of rotatable bonds is 7. The zero-order valence-electron chi connectivity index (χ0n) is 16.6. The molecule has 1 aliphatic heterocycles. The smallest absolute Gasteiger partial charge is 0.339 e. The van der Waals surface area contributed by atoms with Crippen molar-refractivity contribution >= 4 is 34.1 Å². The number of esters is 1. The predicted octanol–water partition coefficient (Wildman–Crippen LogP) is 3.60. The van der Waals surface area contributed by atoms with Crippen LogP contribution in [-0.2, 0) is 20.3 Å². The third-order valence-corrected chi connectivity index (χ3v) is 6.19. The molecule has 7 heteroatoms. The van der Waals surface area contributed by atoms with Crippen LogP contribution in [0.3, 0.4) is 0 Å². The maximum absolute atomic E-state index is 12.3. The Hall–Kier alpha value is -2.67. The molecule has 1 saturated heterocycles. The zero-order chi connectivity index (χ0) is 20.6. The fourth-order valence-electron chi connectivity index (χ4n) is 3.30. The van der Waals surface area contributed by atoms with Crippen LogP contribution in [0.2, 0.25) is 0 Å². The highest BCUT2D eigenvalue weighted by molar-refractivity contribution is 7.85. The molecule has 1 amide bonds. The lowest BCUT2D eigenvalue weighted by Gasteiger charge is -2.28. The second-order valence-electron chi connectivity index (χ2n) is 6.85. The molecule has 2 aromatic carbocycles. The van der Waals surface area contributed by atoms with Crippen LogP contribution < -0.4 is 10.2 Å². The summed E-state index contributed by atoms with van der Waals surface area (Å²) in [5, 5.41) is 2.73. The molecule has 1 N–H and O–H groups in total. The van der Waals surface area contributed by atoms with E-state index in [1.54, 1.807) is 31.2 Å². The van der Waals surface area contributed by atoms with Crippen molar-refractivity contribution < 1.29 is 18.5 Å². The number of amides is 1. The van der Waals surface area contributed by atoms with Gasteiger partial charge in [0, 0.05) is 30.2 Å². The molecule has 1 aliphatic rings. The molecule has 1 heterocycles. The summed E-state index contributed by atoms with van der Waals surface area (Å²) in [6, 6.07) is 14.3. The molecule has 6 nitrogen and oxygen atoms in total. The van der Waals surface area contributed by atoms with Gasteiger partial charge >= 0.3 is 5.97 Å². The minimum Gasteiger partial charge on any atom is -0.452 e. The van der Waals surface area contributed by atoms with Gasteiger partial charge in [0.2, 0.25) is 0 Å². The highest BCUT2D eigenvalue weighted by atomic mass is 32.2. The minimum absolute atomic E-state index is 0.228. The van der Waals surface area contributed by atoms with Crippen LogP contribution in [0, 0.1) is 0 Å². The molecule has 0 spiro atoms. The van der Waals surface area contributed by atoms with E-state index in [9.17, 15) is 13.8 Å². The van der Waals surface area contributed by atoms with Crippen LogP contribution in [0.15, 0.2) is 53.4 Å². The molecule has 3 rings (SSSR count). The summed E-state index contributed by atoms with van der Waals surface area (Å²) in [5.74, 6) is -0.672. The molecule has 0 bridgehead atoms. The summed E-state index contributed by atoms with van der Waals surface area (Å²) in [6.45, 7) is 3.50. The lowest BCUT2D eigenvalue weighted by Crippen LogP contribution is -2.29. The topological polar surface area (TPSA) is 75.7 Å². The third-order valence-electron chi connectivity index (χ3n) is 4.82. The van der Waals surface area contributed by atoms with E-state index in [0.29, 0.717) is 16.3 Å². The highest BCUT2D eigenvalue weighted by Crippen LogP contribution is 2.22. The highest BCUT2D eigenvalue weighted by Gasteiger charge is 2.17. The number of benzene rings is 2. The van der Waals surface area contributed by atoms with E-state index in [-0.39, 0.29) is 5.56 Å². The van der Waals surface area contributed by atoms with Crippen LogP contribution >= 0.6 is 0 Å². The van der Waals surface area contributed by atoms with Crippen molar-refractivity contribution in [1.82, 2.24) is 0 Å². The number of ether oxygens (including phenoxy) is 1. The van der Waals surface area contributed by atoms with Crippen LogP contribution in [0.4, 0.5) is 11.4 Å². The van der Waals surface area contributed by atoms with Crippen molar-refractivity contribution in [3.05, 3.63) is 54.1 Å². The Morgan fingerprint density at radius 3 is 2.41 bits per heavy atom. The number of nitrogens with zero attached hydrogens (tertiary/aromatic N) is 1. The molecule has 0 aromatic heterocycles. The van der Waals surface area contributed by atoms with Gasteiger partial charge in [-0.05, 0) is 55.7 Å². The first kappa shape index (κ1) is 21.0. The zero-order valence-corrected chi connectivity index (χ0v) is 17.4. The van der Waals surface area contributed by atoms with Gasteiger partial charge in [-0.25, -0.2) is 4.79 Å². The SMILES string of the molecule is CC[S@@](=O)c1ccccc1C(=O)OCC(=O)Nc1ccc(N2CCCCC2)cc1. The molecular formula is C22H26N2O4S. The largest absolute Gasteiger partial charge is 0.452 e. The average Bonchev–Trinajstić information content (AvgIpc) is 2.78. The van der Waals surface area contributed by atoms with Crippen molar-refractivity contribution in [1.29, 1.82) is 0 Å². The minimum atomic E-state index is -1.28. The maximum atomic E-state index is 12.3. The van der Waals surface area contributed by atoms with Gasteiger partial charge in [0.15, 0.2) is 6.61 Å². The van der Waals surface area contributed by atoms with Crippen molar-refractivity contribution in [3.8, 4) is 0 Å². The van der Waals surface area contributed by atoms with Gasteiger partial charge in [-0.1, -0.05) is 19.1 Å². The molecule has 0 unspecified atom stereocenters. The Balaban J connectivity index is 1.53. The second-order valence-corrected chi connectivity index (χ2v) is 8.56. The van der Waals surface area contributed by atoms with Gasteiger partial charge in [-0.3, -0.25) is 9.00 Å². The molecule has 1 fully saturated rings. The Morgan fingerprint density at radius 1 is 1.03 bits per heavy atom. The molecular weight excluding hydrogens is 388 g/mol. The van der Waals surface area contributed by atoms with E-state index in [4.69, 9.17) is 4.74 Å². The number of nitrogens with one attached hydrogen (secondary N) is 1. The second kappa shape index (κ2) is 10.2. The molecule has 1 atom stereocenters. The molecule has 2 aromatic rings. The first-order valence-corrected chi connectivity index (χ1v) is 11.2. The Bertz CT molecular complexity index is 877. The van der Waals surface area contributed by atoms with Gasteiger partial charge in [-0.15, -0.1) is 0 Å². The van der Waals surface area contributed by atoms with Crippen LogP contribution in [0.25, 0.3) is 0 Å². The number of carbonyl (C=O) groups is 2. The first-order valence-electron chi connectivity index (χ1n) is 9.88. The van der Waals surface area contributed by atoms with Crippen LogP contribution in [0.5, 0.6) is 0 Å². The van der Waals surface area contributed by atoms with E-state index in [2.05, 4.69) is 10.2 Å². The molecule has 0 aliphatic carbocycles. The summed E-state index contributed by atoms with van der Waals surface area (Å²) >= 11 is 0. The quantitative estimate of drug-likeness (QED) is 0.701. The number of anilines is 2. The molecule has 0 saturated carbocycles. The van der Waals surface area contributed by atoms with Crippen molar-refractivity contribution in [3.63, 3.8) is 0 Å². The lowest BCUT2D eigenvalue weighted by molar-refractivity contribution is -0.119. The average molecular weight is 415 g/mol. The summed E-state index contributed by atoms with van der Waals surface area (Å²) in [4.78, 5) is 27.2. The summed E-state index contributed by atoms with van der Waals surface area (Å²) in [7, 11) is -1.28. The van der Waals surface area contributed by atoms with Gasteiger partial charge in [0.1, 0.15) is 0 Å². The molecule has 154 valence electrons. The number of hydrogen-bond acceptors (Lipinski definition) is 5. The van der Waals surface area contributed by atoms with Crippen LogP contribution in [-0.4, -0.2) is 41.5 Å². The van der Waals surface area contributed by atoms with E-state index in [1.165, 1.54) is 19.3 Å². The molecule has 0 radical (unpaired) electrons. The standard InChI is InChI=1S/C22H26N2O4S/c1-2-29(27)20-9-5-4-8-19(20)22(26)28-16-21(25)23-17-10-12-18(13-11-17)24-14-6-3-7-15-24/h4-5,8-13H,2-3,6-7,14-16H2,1H3,(H,23,25)/t29-/m1/s1. The van der Waals surface area contributed by atoms with Gasteiger partial charge in [0.25, 0.3) is 5.91 Å². The van der Waals surface area contributed by atoms with E-state index in [0.717, 1.165) is 18.8 Å². The molecule has 29 heavy (non-hydrogen) atoms. The third kappa shape index (κ3) is 5.67. The van der Waals surface area contributed by atoms with Crippen molar-refractivity contribution in [2.45, 2.75) is 31.1 Å². The normalized spacial score (nSPS) is 14.9. The van der Waals surface area contributed by atoms with E-state index in [1.807, 2.05) is 24.3 Å². The fraction of sp³-hybridized carbons (Fsp3) is 0.364. The number of hydrogen-bond donors (Lipinski definition) is 1.